The average molecular weight is 284 g/mol. The second kappa shape index (κ2) is 4.33. The number of halogens is 1. The summed E-state index contributed by atoms with van der Waals surface area (Å²) < 4.78 is 2.40. The summed E-state index contributed by atoms with van der Waals surface area (Å²) in [4.78, 5) is 15.1. The molecule has 0 fully saturated rings. The van der Waals surface area contributed by atoms with Gasteiger partial charge in [-0.2, -0.15) is 0 Å². The highest BCUT2D eigenvalue weighted by Gasteiger charge is 2.12. The first kappa shape index (κ1) is 10.7. The fourth-order valence-electron chi connectivity index (χ4n) is 1.32. The van der Waals surface area contributed by atoms with E-state index >= 15 is 0 Å². The lowest BCUT2D eigenvalue weighted by atomic mass is 10.5. The number of anilines is 1. The van der Waals surface area contributed by atoms with Crippen LogP contribution in [0.1, 0.15) is 0 Å². The number of nitrogens with one attached hydrogen (secondary N) is 1. The van der Waals surface area contributed by atoms with Gasteiger partial charge in [0.1, 0.15) is 23.5 Å². The predicted octanol–water partition coefficient (Wildman–Crippen LogP) is 0.721. The van der Waals surface area contributed by atoms with Gasteiger partial charge in [0.25, 0.3) is 0 Å². The maximum atomic E-state index is 6.56. The quantitative estimate of drug-likeness (QED) is 0.490. The molecule has 82 valence electrons. The standard InChI is InChI=1S/C7H8BrN8/c8-7-14-4-5(9)11-3-12-6(4)16(7)2-1-13-15-10/h3,10H,1-2H2,(H2,9,11,12)/q+1. The molecule has 3 N–H and O–H groups in total. The molecule has 9 heteroatoms. The van der Waals surface area contributed by atoms with Crippen molar-refractivity contribution in [3.8, 4) is 0 Å². The molecule has 8 nitrogen and oxygen atoms in total. The molecule has 0 aromatic carbocycles. The fourth-order valence-corrected chi connectivity index (χ4v) is 1.84. The zero-order valence-corrected chi connectivity index (χ0v) is 9.72. The van der Waals surface area contributed by atoms with Gasteiger partial charge in [0.15, 0.2) is 21.7 Å². The summed E-state index contributed by atoms with van der Waals surface area (Å²) >= 11 is 3.31. The molecule has 16 heavy (non-hydrogen) atoms. The zero-order valence-electron chi connectivity index (χ0n) is 8.13. The third-order valence-electron chi connectivity index (χ3n) is 2.01. The van der Waals surface area contributed by atoms with Crippen molar-refractivity contribution in [2.45, 2.75) is 6.54 Å². The minimum Gasteiger partial charge on any atom is -0.382 e. The average Bonchev–Trinajstić information content (AvgIpc) is 2.58. The van der Waals surface area contributed by atoms with Gasteiger partial charge in [0.05, 0.1) is 6.54 Å². The number of aromatic nitrogens is 4. The van der Waals surface area contributed by atoms with Gasteiger partial charge in [-0.1, -0.05) is 0 Å². The molecule has 2 heterocycles. The molecule has 2 aromatic rings. The van der Waals surface area contributed by atoms with Gasteiger partial charge >= 0.3 is 0 Å². The molecule has 0 spiro atoms. The molecule has 0 amide bonds. The van der Waals surface area contributed by atoms with Gasteiger partial charge in [-0.05, 0) is 15.9 Å². The summed E-state index contributed by atoms with van der Waals surface area (Å²) in [6, 6.07) is 0. The number of nitrogens with zero attached hydrogens (tertiary/aromatic N) is 6. The fraction of sp³-hybridized carbons (Fsp3) is 0.286. The Morgan fingerprint density at radius 3 is 3.12 bits per heavy atom. The van der Waals surface area contributed by atoms with E-state index in [0.29, 0.717) is 34.8 Å². The van der Waals surface area contributed by atoms with Gasteiger partial charge < -0.3 is 10.3 Å². The van der Waals surface area contributed by atoms with Crippen LogP contribution in [0.4, 0.5) is 5.82 Å². The summed E-state index contributed by atoms with van der Waals surface area (Å²) in [6.07, 6.45) is 1.38. The van der Waals surface area contributed by atoms with Gasteiger partial charge in [-0.15, -0.1) is 0 Å². The van der Waals surface area contributed by atoms with Gasteiger partial charge in [-0.25, -0.2) is 15.0 Å². The summed E-state index contributed by atoms with van der Waals surface area (Å²) in [5, 5.41) is 3.56. The molecule has 0 unspecified atom stereocenters. The first-order valence-corrected chi connectivity index (χ1v) is 5.18. The highest BCUT2D eigenvalue weighted by Crippen LogP contribution is 2.20. The van der Waals surface area contributed by atoms with Crippen LogP contribution in [0.2, 0.25) is 0 Å². The van der Waals surface area contributed by atoms with Gasteiger partial charge in [-0.3, -0.25) is 0 Å². The van der Waals surface area contributed by atoms with Gasteiger partial charge in [0, 0.05) is 0 Å². The Hall–Kier alpha value is -1.86. The summed E-state index contributed by atoms with van der Waals surface area (Å²) in [5.41, 5.74) is 13.4. The highest BCUT2D eigenvalue weighted by atomic mass is 79.9. The summed E-state index contributed by atoms with van der Waals surface area (Å²) in [5.74, 6) is 0.339. The van der Waals surface area contributed by atoms with Crippen molar-refractivity contribution in [1.82, 2.24) is 24.4 Å². The Balaban J connectivity index is 2.47. The van der Waals surface area contributed by atoms with Crippen LogP contribution >= 0.6 is 15.9 Å². The lowest BCUT2D eigenvalue weighted by Crippen LogP contribution is -2.03. The Bertz CT molecular complexity index is 569. The molecule has 0 aliphatic carbocycles. The SMILES string of the molecule is N=[N+]=NCCn1c(Br)nc2c(N)ncnc21. The number of imidazole rings is 1. The molecule has 0 aliphatic rings. The molecule has 0 aliphatic heterocycles. The first-order valence-electron chi connectivity index (χ1n) is 4.39. The van der Waals surface area contributed by atoms with E-state index in [1.807, 2.05) is 0 Å². The Morgan fingerprint density at radius 2 is 2.38 bits per heavy atom. The molecule has 2 aromatic heterocycles. The predicted molar refractivity (Wildman–Crippen MR) is 59.6 cm³/mol. The number of fused-ring (bicyclic) bond motifs is 1. The Labute approximate surface area is 98.3 Å². The van der Waals surface area contributed by atoms with E-state index < -0.39 is 0 Å². The normalized spacial score (nSPS) is 10.3. The number of nitrogens with two attached hydrogens (primary N) is 1. The lowest BCUT2D eigenvalue weighted by Gasteiger charge is -1.99. The molecule has 2 rings (SSSR count). The van der Waals surface area contributed by atoms with E-state index in [2.05, 4.69) is 40.9 Å². The second-order valence-corrected chi connectivity index (χ2v) is 3.64. The largest absolute Gasteiger partial charge is 0.382 e. The van der Waals surface area contributed by atoms with Crippen LogP contribution in [-0.2, 0) is 6.54 Å². The molecule has 0 saturated carbocycles. The van der Waals surface area contributed by atoms with E-state index in [1.165, 1.54) is 6.33 Å². The van der Waals surface area contributed by atoms with Crippen molar-refractivity contribution < 1.29 is 0 Å². The number of nitrogen functional groups attached to an aromatic ring is 1. The van der Waals surface area contributed by atoms with Crippen molar-refractivity contribution in [1.29, 1.82) is 5.53 Å². The number of hydrogen-bond acceptors (Lipinski definition) is 6. The van der Waals surface area contributed by atoms with E-state index in [9.17, 15) is 0 Å². The van der Waals surface area contributed by atoms with Crippen LogP contribution in [-0.4, -0.2) is 26.1 Å². The zero-order chi connectivity index (χ0) is 11.5. The van der Waals surface area contributed by atoms with Crippen molar-refractivity contribution >= 4 is 32.9 Å². The number of hydrogen-bond donors (Lipinski definition) is 2. The van der Waals surface area contributed by atoms with Crippen molar-refractivity contribution in [2.75, 3.05) is 12.3 Å². The Kier molecular flexibility index (Phi) is 2.88. The highest BCUT2D eigenvalue weighted by molar-refractivity contribution is 9.10. The van der Waals surface area contributed by atoms with E-state index in [1.54, 1.807) is 4.57 Å². The topological polar surface area (TPSA) is 120 Å². The maximum absolute atomic E-state index is 6.56. The molecule has 0 radical (unpaired) electrons. The van der Waals surface area contributed by atoms with Crippen molar-refractivity contribution in [3.05, 3.63) is 11.1 Å². The monoisotopic (exact) mass is 283 g/mol. The first-order chi connectivity index (χ1) is 7.74. The van der Waals surface area contributed by atoms with Gasteiger partial charge in [0.2, 0.25) is 4.91 Å². The smallest absolute Gasteiger partial charge is 0.214 e. The summed E-state index contributed by atoms with van der Waals surface area (Å²) in [6.45, 7) is 0.910. The van der Waals surface area contributed by atoms with Crippen LogP contribution in [0, 0.1) is 5.53 Å². The summed E-state index contributed by atoms with van der Waals surface area (Å²) in [7, 11) is 0. The third kappa shape index (κ3) is 1.77. The molecule has 0 atom stereocenters. The maximum Gasteiger partial charge on any atom is 0.214 e. The third-order valence-corrected chi connectivity index (χ3v) is 2.61. The van der Waals surface area contributed by atoms with Crippen molar-refractivity contribution in [3.63, 3.8) is 0 Å². The van der Waals surface area contributed by atoms with E-state index in [0.717, 1.165) is 0 Å². The van der Waals surface area contributed by atoms with Crippen LogP contribution < -0.4 is 10.6 Å². The number of rotatable bonds is 3. The van der Waals surface area contributed by atoms with E-state index in [4.69, 9.17) is 11.3 Å². The molecular formula is C7H8BrN8+. The van der Waals surface area contributed by atoms with Crippen LogP contribution in [0.25, 0.3) is 11.2 Å². The minimum absolute atomic E-state index is 0.339. The molecule has 0 saturated heterocycles. The Morgan fingerprint density at radius 1 is 1.56 bits per heavy atom. The molecular weight excluding hydrogens is 276 g/mol. The van der Waals surface area contributed by atoms with Crippen LogP contribution in [0.15, 0.2) is 16.2 Å². The van der Waals surface area contributed by atoms with Crippen LogP contribution in [0.3, 0.4) is 0 Å². The second-order valence-electron chi connectivity index (χ2n) is 2.93. The van der Waals surface area contributed by atoms with Crippen molar-refractivity contribution in [2.24, 2.45) is 5.11 Å². The lowest BCUT2D eigenvalue weighted by molar-refractivity contribution is 0.676. The minimum atomic E-state index is 0.339. The molecule has 0 bridgehead atoms. The van der Waals surface area contributed by atoms with E-state index in [-0.39, 0.29) is 0 Å². The van der Waals surface area contributed by atoms with Crippen LogP contribution in [0.5, 0.6) is 0 Å².